The van der Waals surface area contributed by atoms with Crippen molar-refractivity contribution in [2.24, 2.45) is 5.92 Å². The van der Waals surface area contributed by atoms with E-state index >= 15 is 0 Å². The van der Waals surface area contributed by atoms with Crippen molar-refractivity contribution >= 4 is 0 Å². The van der Waals surface area contributed by atoms with Gasteiger partial charge in [-0.05, 0) is 30.0 Å². The lowest BCUT2D eigenvalue weighted by Gasteiger charge is -2.09. The summed E-state index contributed by atoms with van der Waals surface area (Å²) in [6, 6.07) is 10.1. The smallest absolute Gasteiger partial charge is 0.119 e. The van der Waals surface area contributed by atoms with Crippen LogP contribution in [0.25, 0.3) is 0 Å². The topological polar surface area (TPSA) is 33.0 Å². The number of rotatable bonds is 5. The first kappa shape index (κ1) is 11.6. The Balaban J connectivity index is 2.54. The zero-order valence-electron chi connectivity index (χ0n) is 9.36. The van der Waals surface area contributed by atoms with Crippen LogP contribution in [0.1, 0.15) is 25.8 Å². The van der Waals surface area contributed by atoms with Gasteiger partial charge in [0.1, 0.15) is 5.75 Å². The molecule has 1 rings (SSSR count). The second-order valence-electron chi connectivity index (χ2n) is 4.01. The highest BCUT2D eigenvalue weighted by Crippen LogP contribution is 2.15. The summed E-state index contributed by atoms with van der Waals surface area (Å²) in [5, 5.41) is 8.49. The SMILES string of the molecule is CC(C)COc1cccc(CCC#N)c1. The molecule has 0 aliphatic heterocycles. The molecular weight excluding hydrogens is 186 g/mol. The van der Waals surface area contributed by atoms with Crippen molar-refractivity contribution in [3.05, 3.63) is 29.8 Å². The highest BCUT2D eigenvalue weighted by Gasteiger charge is 1.98. The number of hydrogen-bond donors (Lipinski definition) is 0. The molecule has 0 saturated heterocycles. The van der Waals surface area contributed by atoms with E-state index in [9.17, 15) is 0 Å². The van der Waals surface area contributed by atoms with Crippen molar-refractivity contribution in [3.8, 4) is 11.8 Å². The molecule has 0 fully saturated rings. The standard InChI is InChI=1S/C13H17NO/c1-11(2)10-15-13-7-3-5-12(9-13)6-4-8-14/h3,5,7,9,11H,4,6,10H2,1-2H3. The molecule has 1 aromatic rings. The van der Waals surface area contributed by atoms with Gasteiger partial charge in [0.05, 0.1) is 12.7 Å². The minimum absolute atomic E-state index is 0.535. The summed E-state index contributed by atoms with van der Waals surface area (Å²) in [6.45, 7) is 4.99. The van der Waals surface area contributed by atoms with Crippen LogP contribution in [-0.2, 0) is 6.42 Å². The van der Waals surface area contributed by atoms with Crippen molar-refractivity contribution in [2.75, 3.05) is 6.61 Å². The lowest BCUT2D eigenvalue weighted by atomic mass is 10.1. The quantitative estimate of drug-likeness (QED) is 0.736. The van der Waals surface area contributed by atoms with Gasteiger partial charge in [-0.2, -0.15) is 5.26 Å². The fraction of sp³-hybridized carbons (Fsp3) is 0.462. The lowest BCUT2D eigenvalue weighted by molar-refractivity contribution is 0.271. The molecule has 0 aliphatic carbocycles. The first-order chi connectivity index (χ1) is 7.22. The molecule has 80 valence electrons. The van der Waals surface area contributed by atoms with Crippen LogP contribution in [0.4, 0.5) is 0 Å². The highest BCUT2D eigenvalue weighted by atomic mass is 16.5. The van der Waals surface area contributed by atoms with Crippen molar-refractivity contribution in [1.82, 2.24) is 0 Å². The normalized spacial score (nSPS) is 10.0. The molecule has 0 radical (unpaired) electrons. The predicted molar refractivity (Wildman–Crippen MR) is 60.7 cm³/mol. The Morgan fingerprint density at radius 2 is 2.20 bits per heavy atom. The fourth-order valence-electron chi connectivity index (χ4n) is 1.25. The maximum Gasteiger partial charge on any atom is 0.119 e. The number of nitrogens with zero attached hydrogens (tertiary/aromatic N) is 1. The Morgan fingerprint density at radius 1 is 1.40 bits per heavy atom. The summed E-state index contributed by atoms with van der Waals surface area (Å²) >= 11 is 0. The predicted octanol–water partition coefficient (Wildman–Crippen LogP) is 3.18. The van der Waals surface area contributed by atoms with E-state index in [0.29, 0.717) is 12.3 Å². The summed E-state index contributed by atoms with van der Waals surface area (Å²) < 4.78 is 5.61. The molecule has 0 amide bonds. The van der Waals surface area contributed by atoms with Crippen LogP contribution in [0.2, 0.25) is 0 Å². The van der Waals surface area contributed by atoms with Gasteiger partial charge in [-0.15, -0.1) is 0 Å². The van der Waals surface area contributed by atoms with Gasteiger partial charge in [0.25, 0.3) is 0 Å². The van der Waals surface area contributed by atoms with Gasteiger partial charge in [0, 0.05) is 6.42 Å². The van der Waals surface area contributed by atoms with E-state index < -0.39 is 0 Å². The van der Waals surface area contributed by atoms with Gasteiger partial charge in [-0.25, -0.2) is 0 Å². The third-order valence-corrected chi connectivity index (χ3v) is 2.01. The first-order valence-electron chi connectivity index (χ1n) is 5.31. The molecule has 0 aliphatic rings. The van der Waals surface area contributed by atoms with Crippen LogP contribution in [0.5, 0.6) is 5.75 Å². The third kappa shape index (κ3) is 4.51. The molecular formula is C13H17NO. The second kappa shape index (κ2) is 6.08. The van der Waals surface area contributed by atoms with E-state index in [4.69, 9.17) is 10.00 Å². The Labute approximate surface area is 91.5 Å². The Hall–Kier alpha value is -1.49. The van der Waals surface area contributed by atoms with Gasteiger partial charge in [0.2, 0.25) is 0 Å². The molecule has 2 nitrogen and oxygen atoms in total. The van der Waals surface area contributed by atoms with Crippen LogP contribution in [0.15, 0.2) is 24.3 Å². The number of benzene rings is 1. The van der Waals surface area contributed by atoms with E-state index in [0.717, 1.165) is 24.3 Å². The van der Waals surface area contributed by atoms with Crippen LogP contribution in [0.3, 0.4) is 0 Å². The molecule has 0 aromatic heterocycles. The second-order valence-corrected chi connectivity index (χ2v) is 4.01. The first-order valence-corrected chi connectivity index (χ1v) is 5.31. The third-order valence-electron chi connectivity index (χ3n) is 2.01. The van der Waals surface area contributed by atoms with Gasteiger partial charge >= 0.3 is 0 Å². The van der Waals surface area contributed by atoms with Crippen molar-refractivity contribution in [2.45, 2.75) is 26.7 Å². The minimum atomic E-state index is 0.535. The largest absolute Gasteiger partial charge is 0.493 e. The van der Waals surface area contributed by atoms with Gasteiger partial charge in [0.15, 0.2) is 0 Å². The van der Waals surface area contributed by atoms with E-state index in [-0.39, 0.29) is 0 Å². The molecule has 0 atom stereocenters. The summed E-state index contributed by atoms with van der Waals surface area (Å²) in [7, 11) is 0. The van der Waals surface area contributed by atoms with Gasteiger partial charge in [-0.3, -0.25) is 0 Å². The number of hydrogen-bond acceptors (Lipinski definition) is 2. The number of ether oxygens (including phenoxy) is 1. The molecule has 2 heteroatoms. The average Bonchev–Trinajstić information content (AvgIpc) is 2.24. The number of aryl methyl sites for hydroxylation is 1. The van der Waals surface area contributed by atoms with Crippen LogP contribution in [0, 0.1) is 17.2 Å². The summed E-state index contributed by atoms with van der Waals surface area (Å²) in [6.07, 6.45) is 1.36. The zero-order valence-corrected chi connectivity index (χ0v) is 9.36. The number of nitriles is 1. The maximum absolute atomic E-state index is 8.49. The molecule has 0 saturated carbocycles. The van der Waals surface area contributed by atoms with Crippen LogP contribution in [-0.4, -0.2) is 6.61 Å². The molecule has 0 heterocycles. The molecule has 0 unspecified atom stereocenters. The molecule has 1 aromatic carbocycles. The van der Waals surface area contributed by atoms with Crippen molar-refractivity contribution < 1.29 is 4.74 Å². The van der Waals surface area contributed by atoms with Gasteiger partial charge in [-0.1, -0.05) is 26.0 Å². The van der Waals surface area contributed by atoms with Crippen molar-refractivity contribution in [1.29, 1.82) is 5.26 Å². The monoisotopic (exact) mass is 203 g/mol. The summed E-state index contributed by atoms with van der Waals surface area (Å²) in [5.74, 6) is 1.44. The van der Waals surface area contributed by atoms with Crippen LogP contribution < -0.4 is 4.74 Å². The Bertz CT molecular complexity index is 339. The molecule has 0 spiro atoms. The summed E-state index contributed by atoms with van der Waals surface area (Å²) in [4.78, 5) is 0. The lowest BCUT2D eigenvalue weighted by Crippen LogP contribution is -2.04. The average molecular weight is 203 g/mol. The van der Waals surface area contributed by atoms with E-state index in [1.807, 2.05) is 24.3 Å². The van der Waals surface area contributed by atoms with E-state index in [1.54, 1.807) is 0 Å². The fourth-order valence-corrected chi connectivity index (χ4v) is 1.25. The molecule has 15 heavy (non-hydrogen) atoms. The Kier molecular flexibility index (Phi) is 4.70. The highest BCUT2D eigenvalue weighted by molar-refractivity contribution is 5.28. The van der Waals surface area contributed by atoms with Crippen molar-refractivity contribution in [3.63, 3.8) is 0 Å². The summed E-state index contributed by atoms with van der Waals surface area (Å²) in [5.41, 5.74) is 1.16. The maximum atomic E-state index is 8.49. The molecule has 0 N–H and O–H groups in total. The Morgan fingerprint density at radius 3 is 2.87 bits per heavy atom. The van der Waals surface area contributed by atoms with Crippen LogP contribution >= 0.6 is 0 Å². The van der Waals surface area contributed by atoms with E-state index in [1.165, 1.54) is 0 Å². The molecule has 0 bridgehead atoms. The zero-order chi connectivity index (χ0) is 11.1. The van der Waals surface area contributed by atoms with Gasteiger partial charge < -0.3 is 4.74 Å². The minimum Gasteiger partial charge on any atom is -0.493 e. The van der Waals surface area contributed by atoms with E-state index in [2.05, 4.69) is 19.9 Å².